The summed E-state index contributed by atoms with van der Waals surface area (Å²) in [5.74, 6) is 1.48. The third kappa shape index (κ3) is 3.28. The molecule has 0 aromatic heterocycles. The number of aliphatic hydroxyl groups is 1. The molecule has 0 spiro atoms. The third-order valence-corrected chi connectivity index (χ3v) is 7.98. The standard InChI is InChI=1S/C19H26O3.C3H6O2/c1-18-8-7-16-14(15(18)4-5-17(18)22)3-2-12-10-13(21)6-9-19(12,16)11-20;1-2-3(4)5/h10,14-16,20H,2-9,11H2,1H3;2H2,1H3,(H,4,5)/t14-,15-,16-,18-,19+;/m0./s1. The van der Waals surface area contributed by atoms with E-state index >= 15 is 0 Å². The first-order valence-electron chi connectivity index (χ1n) is 10.4. The van der Waals surface area contributed by atoms with Gasteiger partial charge in [0, 0.05) is 30.1 Å². The summed E-state index contributed by atoms with van der Waals surface area (Å²) in [4.78, 5) is 33.6. The van der Waals surface area contributed by atoms with Crippen LogP contribution in [0.4, 0.5) is 0 Å². The second-order valence-corrected chi connectivity index (χ2v) is 9.03. The Balaban J connectivity index is 0.000000376. The normalized spacial score (nSPS) is 40.1. The van der Waals surface area contributed by atoms with E-state index in [9.17, 15) is 19.5 Å². The van der Waals surface area contributed by atoms with E-state index in [0.29, 0.717) is 30.0 Å². The topological polar surface area (TPSA) is 91.7 Å². The highest BCUT2D eigenvalue weighted by Gasteiger charge is 2.59. The van der Waals surface area contributed by atoms with Crippen LogP contribution in [0.15, 0.2) is 11.6 Å². The molecule has 4 aliphatic carbocycles. The van der Waals surface area contributed by atoms with Crippen LogP contribution in [0.3, 0.4) is 0 Å². The minimum Gasteiger partial charge on any atom is -0.481 e. The summed E-state index contributed by atoms with van der Waals surface area (Å²) >= 11 is 0. The molecule has 4 aliphatic rings. The van der Waals surface area contributed by atoms with E-state index < -0.39 is 5.97 Å². The zero-order valence-electron chi connectivity index (χ0n) is 16.5. The van der Waals surface area contributed by atoms with Crippen molar-refractivity contribution in [2.24, 2.45) is 28.6 Å². The number of carboxylic acid groups (broad SMARTS) is 1. The van der Waals surface area contributed by atoms with Crippen molar-refractivity contribution in [3.63, 3.8) is 0 Å². The molecular formula is C22H32O5. The number of hydrogen-bond donors (Lipinski definition) is 2. The quantitative estimate of drug-likeness (QED) is 0.769. The average Bonchev–Trinajstić information content (AvgIpc) is 2.97. The molecule has 0 aliphatic heterocycles. The summed E-state index contributed by atoms with van der Waals surface area (Å²) in [5.41, 5.74) is 0.938. The van der Waals surface area contributed by atoms with Gasteiger partial charge in [-0.05, 0) is 62.4 Å². The van der Waals surface area contributed by atoms with Crippen molar-refractivity contribution in [3.05, 3.63) is 11.6 Å². The largest absolute Gasteiger partial charge is 0.481 e. The molecule has 5 nitrogen and oxygen atoms in total. The zero-order valence-corrected chi connectivity index (χ0v) is 16.5. The van der Waals surface area contributed by atoms with Gasteiger partial charge >= 0.3 is 5.97 Å². The molecule has 0 aromatic rings. The maximum Gasteiger partial charge on any atom is 0.303 e. The number of ketones is 2. The van der Waals surface area contributed by atoms with E-state index in [1.54, 1.807) is 6.92 Å². The van der Waals surface area contributed by atoms with Gasteiger partial charge in [-0.3, -0.25) is 14.4 Å². The van der Waals surface area contributed by atoms with Crippen molar-refractivity contribution in [2.75, 3.05) is 6.61 Å². The molecule has 150 valence electrons. The Hall–Kier alpha value is -1.49. The molecule has 27 heavy (non-hydrogen) atoms. The van der Waals surface area contributed by atoms with Gasteiger partial charge in [-0.25, -0.2) is 0 Å². The van der Waals surface area contributed by atoms with Gasteiger partial charge in [0.1, 0.15) is 5.78 Å². The summed E-state index contributed by atoms with van der Waals surface area (Å²) < 4.78 is 0. The second-order valence-electron chi connectivity index (χ2n) is 9.03. The molecule has 5 heteroatoms. The fourth-order valence-electron chi connectivity index (χ4n) is 6.43. The molecule has 5 atom stereocenters. The van der Waals surface area contributed by atoms with Gasteiger partial charge in [0.25, 0.3) is 0 Å². The minimum absolute atomic E-state index is 0.108. The molecule has 4 rings (SSSR count). The lowest BCUT2D eigenvalue weighted by atomic mass is 9.47. The van der Waals surface area contributed by atoms with E-state index in [2.05, 4.69) is 6.92 Å². The number of fused-ring (bicyclic) bond motifs is 5. The lowest BCUT2D eigenvalue weighted by Crippen LogP contribution is -2.53. The van der Waals surface area contributed by atoms with Crippen LogP contribution in [0.5, 0.6) is 0 Å². The van der Waals surface area contributed by atoms with Gasteiger partial charge in [0.05, 0.1) is 6.61 Å². The van der Waals surface area contributed by atoms with Crippen LogP contribution in [0.25, 0.3) is 0 Å². The number of Topliss-reactive ketones (excluding diaryl/α,β-unsaturated/α-hetero) is 1. The zero-order chi connectivity index (χ0) is 19.8. The van der Waals surface area contributed by atoms with E-state index in [1.807, 2.05) is 6.08 Å². The Bertz CT molecular complexity index is 666. The number of aliphatic carboxylic acids is 1. The van der Waals surface area contributed by atoms with Gasteiger partial charge in [0.2, 0.25) is 0 Å². The van der Waals surface area contributed by atoms with Crippen LogP contribution < -0.4 is 0 Å². The fourth-order valence-corrected chi connectivity index (χ4v) is 6.43. The Labute approximate surface area is 161 Å². The predicted octanol–water partition coefficient (Wildman–Crippen LogP) is 3.54. The van der Waals surface area contributed by atoms with Crippen molar-refractivity contribution >= 4 is 17.5 Å². The monoisotopic (exact) mass is 376 g/mol. The van der Waals surface area contributed by atoms with Crippen molar-refractivity contribution in [2.45, 2.75) is 71.6 Å². The molecule has 3 saturated carbocycles. The first kappa shape index (κ1) is 20.2. The molecule has 0 amide bonds. The number of rotatable bonds is 2. The predicted molar refractivity (Wildman–Crippen MR) is 101 cm³/mol. The Morgan fingerprint density at radius 1 is 1.11 bits per heavy atom. The number of aliphatic hydroxyl groups excluding tert-OH is 1. The average molecular weight is 376 g/mol. The maximum atomic E-state index is 12.4. The van der Waals surface area contributed by atoms with Gasteiger partial charge in [0.15, 0.2) is 5.78 Å². The highest BCUT2D eigenvalue weighted by atomic mass is 16.4. The Kier molecular flexibility index (Phi) is 5.62. The van der Waals surface area contributed by atoms with Crippen LogP contribution in [0.1, 0.15) is 71.6 Å². The second kappa shape index (κ2) is 7.50. The van der Waals surface area contributed by atoms with Crippen molar-refractivity contribution in [1.82, 2.24) is 0 Å². The van der Waals surface area contributed by atoms with Crippen LogP contribution in [-0.4, -0.2) is 34.4 Å². The smallest absolute Gasteiger partial charge is 0.303 e. The number of carbonyl (C=O) groups excluding carboxylic acids is 2. The lowest BCUT2D eigenvalue weighted by molar-refractivity contribution is -0.136. The van der Waals surface area contributed by atoms with E-state index in [0.717, 1.165) is 44.9 Å². The van der Waals surface area contributed by atoms with Gasteiger partial charge in [-0.15, -0.1) is 0 Å². The van der Waals surface area contributed by atoms with Gasteiger partial charge < -0.3 is 10.2 Å². The third-order valence-electron chi connectivity index (χ3n) is 7.98. The van der Waals surface area contributed by atoms with Crippen LogP contribution in [-0.2, 0) is 14.4 Å². The van der Waals surface area contributed by atoms with Gasteiger partial charge in [-0.1, -0.05) is 19.4 Å². The van der Waals surface area contributed by atoms with E-state index in [4.69, 9.17) is 5.11 Å². The first-order valence-corrected chi connectivity index (χ1v) is 10.4. The van der Waals surface area contributed by atoms with Crippen LogP contribution in [0, 0.1) is 28.6 Å². The Morgan fingerprint density at radius 2 is 1.81 bits per heavy atom. The summed E-state index contributed by atoms with van der Waals surface area (Å²) in [6.45, 7) is 3.96. The van der Waals surface area contributed by atoms with Crippen molar-refractivity contribution in [3.8, 4) is 0 Å². The van der Waals surface area contributed by atoms with E-state index in [1.165, 1.54) is 5.57 Å². The molecule has 0 saturated heterocycles. The van der Waals surface area contributed by atoms with Crippen LogP contribution >= 0.6 is 0 Å². The molecule has 2 N–H and O–H groups in total. The molecule has 0 unspecified atom stereocenters. The van der Waals surface area contributed by atoms with Crippen LogP contribution in [0.2, 0.25) is 0 Å². The summed E-state index contributed by atoms with van der Waals surface area (Å²) in [6, 6.07) is 0. The first-order chi connectivity index (χ1) is 12.8. The van der Waals surface area contributed by atoms with Crippen molar-refractivity contribution in [1.29, 1.82) is 0 Å². The molecule has 0 heterocycles. The van der Waals surface area contributed by atoms with Gasteiger partial charge in [-0.2, -0.15) is 0 Å². The Morgan fingerprint density at radius 3 is 2.44 bits per heavy atom. The molecular weight excluding hydrogens is 344 g/mol. The lowest BCUT2D eigenvalue weighted by Gasteiger charge is -2.57. The molecule has 3 fully saturated rings. The fraction of sp³-hybridized carbons (Fsp3) is 0.773. The molecule has 0 bridgehead atoms. The number of carbonyl (C=O) groups is 3. The SMILES string of the molecule is CCC(=O)O.C[C@]12CC[C@H]3[C@@H](CCC4=CC(=O)CC[C@@]43CO)[C@@H]1CCC2=O. The summed E-state index contributed by atoms with van der Waals surface area (Å²) in [5, 5.41) is 18.0. The number of carboxylic acids is 1. The highest BCUT2D eigenvalue weighted by Crippen LogP contribution is 2.64. The van der Waals surface area contributed by atoms with E-state index in [-0.39, 0.29) is 29.6 Å². The molecule has 0 radical (unpaired) electrons. The minimum atomic E-state index is -0.745. The highest BCUT2D eigenvalue weighted by molar-refractivity contribution is 5.91. The number of hydrogen-bond acceptors (Lipinski definition) is 4. The molecule has 0 aromatic carbocycles. The maximum absolute atomic E-state index is 12.4. The summed E-state index contributed by atoms with van der Waals surface area (Å²) in [6.07, 6.45) is 9.28. The van der Waals surface area contributed by atoms with Crippen molar-refractivity contribution < 1.29 is 24.6 Å². The summed E-state index contributed by atoms with van der Waals surface area (Å²) in [7, 11) is 0.